The van der Waals surface area contributed by atoms with Gasteiger partial charge in [0.1, 0.15) is 0 Å². The van der Waals surface area contributed by atoms with Crippen molar-refractivity contribution in [2.24, 2.45) is 0 Å². The monoisotopic (exact) mass is 507 g/mol. The third kappa shape index (κ3) is 9.59. The number of nitro benzene ring substituents is 1. The van der Waals surface area contributed by atoms with Gasteiger partial charge in [0.15, 0.2) is 5.82 Å². The molecule has 0 aliphatic rings. The molecule has 0 radical (unpaired) electrons. The van der Waals surface area contributed by atoms with E-state index in [1.165, 1.54) is 6.07 Å². The summed E-state index contributed by atoms with van der Waals surface area (Å²) < 4.78 is 0. The number of rotatable bonds is 10. The van der Waals surface area contributed by atoms with Crippen LogP contribution in [0, 0.1) is 17.0 Å². The number of aromatic nitrogens is 2. The van der Waals surface area contributed by atoms with E-state index in [0.717, 1.165) is 35.6 Å². The van der Waals surface area contributed by atoms with Gasteiger partial charge in [-0.3, -0.25) is 10.1 Å². The minimum Gasteiger partial charge on any atom is -0.478 e. The van der Waals surface area contributed by atoms with E-state index < -0.39 is 11.9 Å². The predicted molar refractivity (Wildman–Crippen MR) is 139 cm³/mol. The Morgan fingerprint density at radius 2 is 1.62 bits per heavy atom. The number of benzene rings is 2. The molecule has 3 N–H and O–H groups in total. The average Bonchev–Trinajstić information content (AvgIpc) is 2.86. The highest BCUT2D eigenvalue weighted by Gasteiger charge is 2.16. The molecule has 1 heterocycles. The maximum atomic E-state index is 11.3. The summed E-state index contributed by atoms with van der Waals surface area (Å²) >= 11 is 0. The van der Waals surface area contributed by atoms with E-state index in [9.17, 15) is 19.7 Å². The molecule has 0 saturated heterocycles. The number of hydrogen-bond donors (Lipinski definition) is 3. The largest absolute Gasteiger partial charge is 0.478 e. The number of aryl methyl sites for hydroxylation is 1. The number of hydrogen-bond acceptors (Lipinski definition) is 8. The normalized spacial score (nSPS) is 10.7. The quantitative estimate of drug-likeness (QED) is 0.161. The zero-order valence-electron chi connectivity index (χ0n) is 20.8. The number of carboxylic acid groups (broad SMARTS) is 2. The van der Waals surface area contributed by atoms with Gasteiger partial charge in [-0.25, -0.2) is 19.6 Å². The number of non-ortho nitro benzene ring substituents is 1. The van der Waals surface area contributed by atoms with Crippen molar-refractivity contribution in [2.75, 3.05) is 27.2 Å². The molecule has 0 amide bonds. The van der Waals surface area contributed by atoms with Crippen molar-refractivity contribution < 1.29 is 24.7 Å². The Labute approximate surface area is 214 Å². The number of aliphatic carboxylic acids is 2. The molecule has 0 saturated carbocycles. The lowest BCUT2D eigenvalue weighted by atomic mass is 10.0. The Morgan fingerprint density at radius 3 is 2.19 bits per heavy atom. The van der Waals surface area contributed by atoms with Gasteiger partial charge in [-0.2, -0.15) is 0 Å². The molecule has 3 aromatic rings. The van der Waals surface area contributed by atoms with E-state index in [-0.39, 0.29) is 10.6 Å². The van der Waals surface area contributed by atoms with Crippen molar-refractivity contribution in [3.05, 3.63) is 88.1 Å². The first-order chi connectivity index (χ1) is 17.6. The summed E-state index contributed by atoms with van der Waals surface area (Å²) in [5, 5.41) is 30.3. The third-order valence-electron chi connectivity index (χ3n) is 4.98. The SMILES string of the molecule is Cc1nc(-c2ccccc2)nc(-c2cccc([N+](=O)[O-])c2)c1CNCCN(C)C.O=C(O)C=CC(=O)O. The summed E-state index contributed by atoms with van der Waals surface area (Å²) in [5.74, 6) is -1.90. The molecular formula is C26H29N5O6. The fourth-order valence-electron chi connectivity index (χ4n) is 3.19. The molecule has 0 bridgehead atoms. The zero-order valence-corrected chi connectivity index (χ0v) is 20.8. The molecule has 11 heteroatoms. The lowest BCUT2D eigenvalue weighted by molar-refractivity contribution is -0.384. The van der Waals surface area contributed by atoms with Crippen molar-refractivity contribution in [1.29, 1.82) is 0 Å². The molecule has 0 aliphatic heterocycles. The molecule has 0 aliphatic carbocycles. The van der Waals surface area contributed by atoms with Crippen LogP contribution in [0.5, 0.6) is 0 Å². The number of carboxylic acids is 2. The van der Waals surface area contributed by atoms with Gasteiger partial charge < -0.3 is 20.4 Å². The van der Waals surface area contributed by atoms with Gasteiger partial charge in [-0.15, -0.1) is 0 Å². The van der Waals surface area contributed by atoms with Crippen molar-refractivity contribution >= 4 is 17.6 Å². The molecule has 0 spiro atoms. The zero-order chi connectivity index (χ0) is 27.4. The van der Waals surface area contributed by atoms with Crippen LogP contribution >= 0.6 is 0 Å². The van der Waals surface area contributed by atoms with Crippen molar-refractivity contribution in [2.45, 2.75) is 13.5 Å². The number of nitrogens with zero attached hydrogens (tertiary/aromatic N) is 4. The second-order valence-electron chi connectivity index (χ2n) is 8.12. The van der Waals surface area contributed by atoms with Crippen LogP contribution in [0.2, 0.25) is 0 Å². The minimum absolute atomic E-state index is 0.0477. The fourth-order valence-corrected chi connectivity index (χ4v) is 3.19. The summed E-state index contributed by atoms with van der Waals surface area (Å²) in [6, 6.07) is 16.4. The molecule has 0 unspecified atom stereocenters. The molecular weight excluding hydrogens is 478 g/mol. The number of nitrogens with one attached hydrogen (secondary N) is 1. The van der Waals surface area contributed by atoms with E-state index in [1.807, 2.05) is 57.4 Å². The second-order valence-corrected chi connectivity index (χ2v) is 8.12. The van der Waals surface area contributed by atoms with Crippen molar-refractivity contribution in [1.82, 2.24) is 20.2 Å². The van der Waals surface area contributed by atoms with E-state index >= 15 is 0 Å². The summed E-state index contributed by atoms with van der Waals surface area (Å²) in [7, 11) is 4.05. The van der Waals surface area contributed by atoms with Gasteiger partial charge in [-0.1, -0.05) is 42.5 Å². The second kappa shape index (κ2) is 14.2. The fraction of sp³-hybridized carbons (Fsp3) is 0.231. The minimum atomic E-state index is -1.26. The van der Waals surface area contributed by atoms with Crippen molar-refractivity contribution in [3.8, 4) is 22.6 Å². The topological polar surface area (TPSA) is 159 Å². The van der Waals surface area contributed by atoms with E-state index in [4.69, 9.17) is 20.2 Å². The Morgan fingerprint density at radius 1 is 1.00 bits per heavy atom. The molecule has 3 rings (SSSR count). The standard InChI is InChI=1S/C22H25N5O2.C4H4O4/c1-16-20(15-23-12-13-26(2)3)21(18-10-7-11-19(14-18)27(28)29)25-22(24-16)17-8-5-4-6-9-17;5-3(6)1-2-4(7)8/h4-11,14,23H,12-13,15H2,1-3H3;1-2H,(H,5,6)(H,7,8). The maximum Gasteiger partial charge on any atom is 0.328 e. The third-order valence-corrected chi connectivity index (χ3v) is 4.98. The lowest BCUT2D eigenvalue weighted by Gasteiger charge is -2.16. The van der Waals surface area contributed by atoms with Gasteiger partial charge >= 0.3 is 11.9 Å². The highest BCUT2D eigenvalue weighted by atomic mass is 16.6. The van der Waals surface area contributed by atoms with Crippen LogP contribution in [0.25, 0.3) is 22.6 Å². The van der Waals surface area contributed by atoms with Gasteiger partial charge in [-0.05, 0) is 21.0 Å². The molecule has 194 valence electrons. The summed E-state index contributed by atoms with van der Waals surface area (Å²) in [5.41, 5.74) is 4.20. The summed E-state index contributed by atoms with van der Waals surface area (Å²) in [6.45, 7) is 4.28. The Hall–Kier alpha value is -4.48. The smallest absolute Gasteiger partial charge is 0.328 e. The van der Waals surface area contributed by atoms with Gasteiger partial charge in [0.2, 0.25) is 0 Å². The molecule has 37 heavy (non-hydrogen) atoms. The van der Waals surface area contributed by atoms with Crippen molar-refractivity contribution in [3.63, 3.8) is 0 Å². The molecule has 0 atom stereocenters. The lowest BCUT2D eigenvalue weighted by Crippen LogP contribution is -2.26. The van der Waals surface area contributed by atoms with Crippen LogP contribution < -0.4 is 5.32 Å². The van der Waals surface area contributed by atoms with Crippen LogP contribution in [0.3, 0.4) is 0 Å². The van der Waals surface area contributed by atoms with Crippen LogP contribution in [-0.2, 0) is 16.1 Å². The molecule has 0 fully saturated rings. The van der Waals surface area contributed by atoms with Gasteiger partial charge in [0.25, 0.3) is 5.69 Å². The molecule has 2 aromatic carbocycles. The number of carbonyl (C=O) groups is 2. The van der Waals surface area contributed by atoms with Crippen LogP contribution in [-0.4, -0.2) is 69.1 Å². The first kappa shape index (κ1) is 28.8. The molecule has 11 nitrogen and oxygen atoms in total. The highest BCUT2D eigenvalue weighted by Crippen LogP contribution is 2.29. The van der Waals surface area contributed by atoms with E-state index in [2.05, 4.69) is 10.2 Å². The van der Waals surface area contributed by atoms with Gasteiger partial charge in [0, 0.05) is 66.3 Å². The van der Waals surface area contributed by atoms with Crippen LogP contribution in [0.15, 0.2) is 66.7 Å². The highest BCUT2D eigenvalue weighted by molar-refractivity contribution is 5.89. The van der Waals surface area contributed by atoms with Crippen LogP contribution in [0.1, 0.15) is 11.3 Å². The first-order valence-electron chi connectivity index (χ1n) is 11.3. The van der Waals surface area contributed by atoms with Gasteiger partial charge in [0.05, 0.1) is 10.6 Å². The van der Waals surface area contributed by atoms with Crippen LogP contribution in [0.4, 0.5) is 5.69 Å². The maximum absolute atomic E-state index is 11.3. The summed E-state index contributed by atoms with van der Waals surface area (Å²) in [6.07, 6.45) is 1.12. The molecule has 1 aromatic heterocycles. The Bertz CT molecular complexity index is 1250. The summed E-state index contributed by atoms with van der Waals surface area (Å²) in [4.78, 5) is 41.6. The van der Waals surface area contributed by atoms with E-state index in [1.54, 1.807) is 12.1 Å². The Kier molecular flexibility index (Phi) is 11.0. The number of nitro groups is 1. The first-order valence-corrected chi connectivity index (χ1v) is 11.3. The average molecular weight is 508 g/mol. The Balaban J connectivity index is 0.000000521. The predicted octanol–water partition coefficient (Wildman–Crippen LogP) is 3.39. The number of likely N-dealkylation sites (N-methyl/N-ethyl adjacent to an activating group) is 1. The van der Waals surface area contributed by atoms with E-state index in [0.29, 0.717) is 30.1 Å².